The van der Waals surface area contributed by atoms with Crippen molar-refractivity contribution < 1.29 is 9.47 Å². The number of ether oxygens (including phenoxy) is 2. The molecule has 0 aliphatic carbocycles. The van der Waals surface area contributed by atoms with Crippen LogP contribution in [-0.4, -0.2) is 19.3 Å². The number of benzene rings is 1. The Kier molecular flexibility index (Phi) is 3.52. The van der Waals surface area contributed by atoms with Crippen LogP contribution in [0.4, 0.5) is 0 Å². The predicted octanol–water partition coefficient (Wildman–Crippen LogP) is 3.75. The first-order chi connectivity index (χ1) is 6.68. The summed E-state index contributed by atoms with van der Waals surface area (Å²) in [5.41, 5.74) is 0. The first-order valence-electron chi connectivity index (χ1n) is 4.06. The summed E-state index contributed by atoms with van der Waals surface area (Å²) in [7, 11) is 0. The van der Waals surface area contributed by atoms with E-state index in [1.165, 1.54) is 0 Å². The van der Waals surface area contributed by atoms with Crippen molar-refractivity contribution in [3.8, 4) is 5.75 Å². The van der Waals surface area contributed by atoms with Crippen LogP contribution in [0.1, 0.15) is 0 Å². The Morgan fingerprint density at radius 2 is 2.00 bits per heavy atom. The van der Waals surface area contributed by atoms with Crippen molar-refractivity contribution in [2.24, 2.45) is 0 Å². The van der Waals surface area contributed by atoms with Crippen LogP contribution in [0, 0.1) is 0 Å². The summed E-state index contributed by atoms with van der Waals surface area (Å²) < 4.78 is 13.5. The molecular weight excluding hydrogens is 380 g/mol. The molecular formula is C9H7Br3O2. The van der Waals surface area contributed by atoms with Crippen LogP contribution >= 0.6 is 47.8 Å². The average molecular weight is 387 g/mol. The van der Waals surface area contributed by atoms with Gasteiger partial charge in [-0.15, -0.1) is 0 Å². The molecule has 1 unspecified atom stereocenters. The standard InChI is InChI=1S/C9H7Br3O2/c10-6-1-2-7(9(12)8(6)11)14-4-5-3-13-5/h1-2,5H,3-4H2. The van der Waals surface area contributed by atoms with Crippen molar-refractivity contribution in [3.05, 3.63) is 25.6 Å². The van der Waals surface area contributed by atoms with Gasteiger partial charge in [0, 0.05) is 8.95 Å². The van der Waals surface area contributed by atoms with Crippen LogP contribution in [0.2, 0.25) is 0 Å². The van der Waals surface area contributed by atoms with Crippen LogP contribution in [0.25, 0.3) is 0 Å². The van der Waals surface area contributed by atoms with Gasteiger partial charge in [0.05, 0.1) is 11.1 Å². The minimum absolute atomic E-state index is 0.282. The molecule has 0 spiro atoms. The van der Waals surface area contributed by atoms with Crippen LogP contribution in [0.15, 0.2) is 25.6 Å². The third-order valence-corrected chi connectivity index (χ3v) is 5.16. The second kappa shape index (κ2) is 4.51. The summed E-state index contributed by atoms with van der Waals surface area (Å²) in [4.78, 5) is 0. The molecule has 0 bridgehead atoms. The lowest BCUT2D eigenvalue weighted by molar-refractivity contribution is 0.261. The zero-order valence-electron chi connectivity index (χ0n) is 7.10. The fraction of sp³-hybridized carbons (Fsp3) is 0.333. The monoisotopic (exact) mass is 384 g/mol. The maximum Gasteiger partial charge on any atom is 0.134 e. The minimum atomic E-state index is 0.282. The van der Waals surface area contributed by atoms with E-state index in [1.807, 2.05) is 12.1 Å². The number of halogens is 3. The molecule has 0 amide bonds. The van der Waals surface area contributed by atoms with Gasteiger partial charge in [-0.3, -0.25) is 0 Å². The largest absolute Gasteiger partial charge is 0.490 e. The highest BCUT2D eigenvalue weighted by Gasteiger charge is 2.23. The van der Waals surface area contributed by atoms with Crippen molar-refractivity contribution in [2.45, 2.75) is 6.10 Å². The van der Waals surface area contributed by atoms with E-state index in [0.29, 0.717) is 6.61 Å². The Bertz CT molecular complexity index is 350. The third kappa shape index (κ3) is 2.51. The van der Waals surface area contributed by atoms with E-state index in [0.717, 1.165) is 25.8 Å². The average Bonchev–Trinajstić information content (AvgIpc) is 2.97. The maximum absolute atomic E-state index is 5.57. The van der Waals surface area contributed by atoms with Crippen LogP contribution < -0.4 is 4.74 Å². The van der Waals surface area contributed by atoms with Crippen LogP contribution in [-0.2, 0) is 4.74 Å². The van der Waals surface area contributed by atoms with Crippen molar-refractivity contribution in [1.82, 2.24) is 0 Å². The zero-order chi connectivity index (χ0) is 10.1. The molecule has 1 atom stereocenters. The second-order valence-corrected chi connectivity index (χ2v) is 5.38. The number of epoxide rings is 1. The highest BCUT2D eigenvalue weighted by molar-refractivity contribution is 9.14. The molecule has 0 radical (unpaired) electrons. The quantitative estimate of drug-likeness (QED) is 0.583. The van der Waals surface area contributed by atoms with Gasteiger partial charge < -0.3 is 9.47 Å². The van der Waals surface area contributed by atoms with E-state index in [2.05, 4.69) is 47.8 Å². The van der Waals surface area contributed by atoms with Crippen LogP contribution in [0.3, 0.4) is 0 Å². The second-order valence-electron chi connectivity index (χ2n) is 2.94. The maximum atomic E-state index is 5.57. The van der Waals surface area contributed by atoms with E-state index < -0.39 is 0 Å². The van der Waals surface area contributed by atoms with E-state index in [4.69, 9.17) is 9.47 Å². The lowest BCUT2D eigenvalue weighted by Crippen LogP contribution is -2.04. The van der Waals surface area contributed by atoms with Gasteiger partial charge >= 0.3 is 0 Å². The van der Waals surface area contributed by atoms with Crippen molar-refractivity contribution in [3.63, 3.8) is 0 Å². The summed E-state index contributed by atoms with van der Waals surface area (Å²) >= 11 is 10.3. The zero-order valence-corrected chi connectivity index (χ0v) is 11.9. The Balaban J connectivity index is 2.11. The fourth-order valence-corrected chi connectivity index (χ4v) is 2.35. The molecule has 1 fully saturated rings. The van der Waals surface area contributed by atoms with Crippen molar-refractivity contribution in [1.29, 1.82) is 0 Å². The molecule has 1 saturated heterocycles. The van der Waals surface area contributed by atoms with Gasteiger partial charge in [-0.05, 0) is 59.9 Å². The molecule has 1 heterocycles. The van der Waals surface area contributed by atoms with Gasteiger partial charge in [-0.1, -0.05) is 0 Å². The summed E-state index contributed by atoms with van der Waals surface area (Å²) in [6.07, 6.45) is 0.282. The van der Waals surface area contributed by atoms with Gasteiger partial charge in [0.15, 0.2) is 0 Å². The topological polar surface area (TPSA) is 21.8 Å². The SMILES string of the molecule is Brc1ccc(OCC2CO2)c(Br)c1Br. The van der Waals surface area contributed by atoms with E-state index in [-0.39, 0.29) is 6.10 Å². The summed E-state index contributed by atoms with van der Waals surface area (Å²) in [6, 6.07) is 3.86. The van der Waals surface area contributed by atoms with Crippen molar-refractivity contribution >= 4 is 47.8 Å². The van der Waals surface area contributed by atoms with Gasteiger partial charge in [0.1, 0.15) is 18.5 Å². The molecule has 2 nitrogen and oxygen atoms in total. The molecule has 0 aromatic heterocycles. The van der Waals surface area contributed by atoms with E-state index in [9.17, 15) is 0 Å². The Morgan fingerprint density at radius 3 is 2.64 bits per heavy atom. The highest BCUT2D eigenvalue weighted by atomic mass is 79.9. The lowest BCUT2D eigenvalue weighted by Gasteiger charge is -2.08. The molecule has 0 saturated carbocycles. The Hall–Kier alpha value is 0.420. The Morgan fingerprint density at radius 1 is 1.29 bits per heavy atom. The number of hydrogen-bond donors (Lipinski definition) is 0. The molecule has 0 N–H and O–H groups in total. The molecule has 1 aliphatic rings. The van der Waals surface area contributed by atoms with E-state index >= 15 is 0 Å². The molecule has 76 valence electrons. The third-order valence-electron chi connectivity index (χ3n) is 1.83. The number of rotatable bonds is 3. The highest BCUT2D eigenvalue weighted by Crippen LogP contribution is 2.37. The molecule has 1 aromatic carbocycles. The summed E-state index contributed by atoms with van der Waals surface area (Å²) in [5, 5.41) is 0. The van der Waals surface area contributed by atoms with E-state index in [1.54, 1.807) is 0 Å². The van der Waals surface area contributed by atoms with Crippen molar-refractivity contribution in [2.75, 3.05) is 13.2 Å². The van der Waals surface area contributed by atoms with Gasteiger partial charge in [0.2, 0.25) is 0 Å². The van der Waals surface area contributed by atoms with Gasteiger partial charge in [-0.2, -0.15) is 0 Å². The normalized spacial score (nSPS) is 19.5. The molecule has 14 heavy (non-hydrogen) atoms. The minimum Gasteiger partial charge on any atom is -0.490 e. The lowest BCUT2D eigenvalue weighted by atomic mass is 10.3. The first-order valence-corrected chi connectivity index (χ1v) is 6.44. The molecule has 5 heteroatoms. The fourth-order valence-electron chi connectivity index (χ4n) is 0.967. The summed E-state index contributed by atoms with van der Waals surface area (Å²) in [6.45, 7) is 1.43. The van der Waals surface area contributed by atoms with Crippen LogP contribution in [0.5, 0.6) is 5.75 Å². The van der Waals surface area contributed by atoms with Gasteiger partial charge in [-0.25, -0.2) is 0 Å². The summed E-state index contributed by atoms with van der Waals surface area (Å²) in [5.74, 6) is 0.829. The van der Waals surface area contributed by atoms with Gasteiger partial charge in [0.25, 0.3) is 0 Å². The predicted molar refractivity (Wildman–Crippen MR) is 64.8 cm³/mol. The smallest absolute Gasteiger partial charge is 0.134 e. The molecule has 2 rings (SSSR count). The number of hydrogen-bond acceptors (Lipinski definition) is 2. The molecule has 1 aliphatic heterocycles. The Labute approximate surface area is 107 Å². The molecule has 1 aromatic rings. The first kappa shape index (κ1) is 10.9.